The van der Waals surface area contributed by atoms with Gasteiger partial charge in [0, 0.05) is 17.1 Å². The van der Waals surface area contributed by atoms with Crippen molar-refractivity contribution in [1.29, 1.82) is 0 Å². The van der Waals surface area contributed by atoms with Gasteiger partial charge in [0.1, 0.15) is 13.2 Å². The Balaban J connectivity index is 1.88. The second-order valence-electron chi connectivity index (χ2n) is 6.04. The molecule has 0 amide bonds. The van der Waals surface area contributed by atoms with Gasteiger partial charge in [-0.2, -0.15) is 0 Å². The van der Waals surface area contributed by atoms with Crippen LogP contribution < -0.4 is 14.8 Å². The second-order valence-corrected chi connectivity index (χ2v) is 6.44. The summed E-state index contributed by atoms with van der Waals surface area (Å²) in [5.41, 5.74) is 1.15. The Hall–Kier alpha value is -0.930. The number of rotatable bonds is 3. The first-order chi connectivity index (χ1) is 10.3. The van der Waals surface area contributed by atoms with Crippen molar-refractivity contribution in [3.05, 3.63) is 22.7 Å². The third kappa shape index (κ3) is 3.29. The number of ether oxygens (including phenoxy) is 2. The highest BCUT2D eigenvalue weighted by Crippen LogP contribution is 2.41. The van der Waals surface area contributed by atoms with Crippen molar-refractivity contribution in [3.63, 3.8) is 0 Å². The number of benzene rings is 1. The first-order valence-corrected chi connectivity index (χ1v) is 8.43. The molecule has 3 rings (SSSR count). The highest BCUT2D eigenvalue weighted by atomic mass is 35.5. The van der Waals surface area contributed by atoms with Crippen LogP contribution in [-0.2, 0) is 0 Å². The summed E-state index contributed by atoms with van der Waals surface area (Å²) in [7, 11) is 2.03. The van der Waals surface area contributed by atoms with Crippen molar-refractivity contribution in [2.24, 2.45) is 5.92 Å². The molecule has 1 aromatic rings. The Morgan fingerprint density at radius 1 is 1.05 bits per heavy atom. The summed E-state index contributed by atoms with van der Waals surface area (Å²) in [5, 5.41) is 4.26. The highest BCUT2D eigenvalue weighted by molar-refractivity contribution is 6.31. The number of halogens is 1. The summed E-state index contributed by atoms with van der Waals surface area (Å²) in [6, 6.07) is 4.28. The molecule has 1 heterocycles. The predicted molar refractivity (Wildman–Crippen MR) is 85.4 cm³/mol. The van der Waals surface area contributed by atoms with Gasteiger partial charge in [-0.3, -0.25) is 0 Å². The van der Waals surface area contributed by atoms with Crippen molar-refractivity contribution in [2.75, 3.05) is 20.3 Å². The van der Waals surface area contributed by atoms with E-state index in [1.54, 1.807) is 0 Å². The van der Waals surface area contributed by atoms with Gasteiger partial charge in [0.2, 0.25) is 0 Å². The van der Waals surface area contributed by atoms with E-state index in [0.29, 0.717) is 25.2 Å². The fourth-order valence-corrected chi connectivity index (χ4v) is 3.88. The van der Waals surface area contributed by atoms with E-state index in [-0.39, 0.29) is 0 Å². The molecule has 1 N–H and O–H groups in total. The molecular formula is C17H24ClNO2. The topological polar surface area (TPSA) is 30.5 Å². The van der Waals surface area contributed by atoms with Crippen LogP contribution in [0.1, 0.15) is 50.1 Å². The van der Waals surface area contributed by atoms with E-state index in [0.717, 1.165) is 22.1 Å². The fraction of sp³-hybridized carbons (Fsp3) is 0.647. The molecule has 2 aliphatic rings. The first kappa shape index (κ1) is 15.0. The molecule has 0 saturated heterocycles. The van der Waals surface area contributed by atoms with Crippen LogP contribution in [-0.4, -0.2) is 20.3 Å². The van der Waals surface area contributed by atoms with E-state index in [1.165, 1.54) is 38.5 Å². The van der Waals surface area contributed by atoms with Gasteiger partial charge in [-0.1, -0.05) is 37.3 Å². The summed E-state index contributed by atoms with van der Waals surface area (Å²) >= 11 is 6.52. The molecule has 21 heavy (non-hydrogen) atoms. The van der Waals surface area contributed by atoms with Gasteiger partial charge in [-0.05, 0) is 37.4 Å². The predicted octanol–water partition coefficient (Wildman–Crippen LogP) is 4.34. The largest absolute Gasteiger partial charge is 0.486 e. The smallest absolute Gasteiger partial charge is 0.162 e. The molecule has 0 bridgehead atoms. The van der Waals surface area contributed by atoms with Gasteiger partial charge < -0.3 is 14.8 Å². The van der Waals surface area contributed by atoms with Crippen molar-refractivity contribution < 1.29 is 9.47 Å². The average Bonchev–Trinajstić information content (AvgIpc) is 2.78. The minimum atomic E-state index is 0.298. The van der Waals surface area contributed by atoms with Crippen molar-refractivity contribution >= 4 is 11.6 Å². The summed E-state index contributed by atoms with van der Waals surface area (Å²) in [6.45, 7) is 1.21. The summed E-state index contributed by atoms with van der Waals surface area (Å²) in [5.74, 6) is 2.25. The third-order valence-corrected chi connectivity index (χ3v) is 5.01. The Morgan fingerprint density at radius 3 is 2.29 bits per heavy atom. The zero-order chi connectivity index (χ0) is 14.7. The lowest BCUT2D eigenvalue weighted by Gasteiger charge is -2.28. The van der Waals surface area contributed by atoms with Crippen LogP contribution in [0.3, 0.4) is 0 Å². The zero-order valence-corrected chi connectivity index (χ0v) is 13.4. The van der Waals surface area contributed by atoms with Crippen LogP contribution in [0.5, 0.6) is 11.5 Å². The molecule has 1 atom stereocenters. The molecular weight excluding hydrogens is 286 g/mol. The SMILES string of the molecule is CNC(c1cc2c(cc1Cl)OCCO2)C1CCCCCC1. The van der Waals surface area contributed by atoms with Crippen molar-refractivity contribution in [2.45, 2.75) is 44.6 Å². The normalized spacial score (nSPS) is 20.9. The number of hydrogen-bond donors (Lipinski definition) is 1. The van der Waals surface area contributed by atoms with Gasteiger partial charge in [0.05, 0.1) is 0 Å². The minimum Gasteiger partial charge on any atom is -0.486 e. The molecule has 0 aromatic heterocycles. The van der Waals surface area contributed by atoms with Gasteiger partial charge in [0.25, 0.3) is 0 Å². The maximum Gasteiger partial charge on any atom is 0.162 e. The maximum absolute atomic E-state index is 6.52. The lowest BCUT2D eigenvalue weighted by Crippen LogP contribution is -2.26. The highest BCUT2D eigenvalue weighted by Gasteiger charge is 2.26. The van der Waals surface area contributed by atoms with Crippen molar-refractivity contribution in [3.8, 4) is 11.5 Å². The molecule has 116 valence electrons. The van der Waals surface area contributed by atoms with Crippen LogP contribution >= 0.6 is 11.6 Å². The van der Waals surface area contributed by atoms with Gasteiger partial charge in [0.15, 0.2) is 11.5 Å². The van der Waals surface area contributed by atoms with E-state index in [4.69, 9.17) is 21.1 Å². The average molecular weight is 310 g/mol. The standard InChI is InChI=1S/C17H24ClNO2/c1-19-17(12-6-4-2-3-5-7-12)13-10-15-16(11-14(13)18)21-9-8-20-15/h10-12,17,19H,2-9H2,1H3. The molecule has 1 aromatic carbocycles. The molecule has 1 unspecified atom stereocenters. The number of fused-ring (bicyclic) bond motifs is 1. The van der Waals surface area contributed by atoms with Crippen LogP contribution in [0.4, 0.5) is 0 Å². The Kier molecular flexibility index (Phi) is 4.91. The van der Waals surface area contributed by atoms with Crippen LogP contribution in [0.25, 0.3) is 0 Å². The van der Waals surface area contributed by atoms with E-state index in [9.17, 15) is 0 Å². The third-order valence-electron chi connectivity index (χ3n) is 4.68. The van der Waals surface area contributed by atoms with E-state index < -0.39 is 0 Å². The van der Waals surface area contributed by atoms with Crippen LogP contribution in [0.2, 0.25) is 5.02 Å². The molecule has 1 fully saturated rings. The summed E-state index contributed by atoms with van der Waals surface area (Å²) < 4.78 is 11.3. The zero-order valence-electron chi connectivity index (χ0n) is 12.7. The Bertz CT molecular complexity index is 484. The van der Waals surface area contributed by atoms with E-state index >= 15 is 0 Å². The van der Waals surface area contributed by atoms with Crippen LogP contribution in [0.15, 0.2) is 12.1 Å². The molecule has 0 spiro atoms. The summed E-state index contributed by atoms with van der Waals surface area (Å²) in [4.78, 5) is 0. The Morgan fingerprint density at radius 2 is 1.67 bits per heavy atom. The van der Waals surface area contributed by atoms with Crippen molar-refractivity contribution in [1.82, 2.24) is 5.32 Å². The van der Waals surface area contributed by atoms with E-state index in [2.05, 4.69) is 11.4 Å². The Labute approximate surface area is 132 Å². The molecule has 1 aliphatic heterocycles. The monoisotopic (exact) mass is 309 g/mol. The molecule has 4 heteroatoms. The summed E-state index contributed by atoms with van der Waals surface area (Å²) in [6.07, 6.45) is 7.92. The van der Waals surface area contributed by atoms with Gasteiger partial charge >= 0.3 is 0 Å². The lowest BCUT2D eigenvalue weighted by molar-refractivity contribution is 0.171. The minimum absolute atomic E-state index is 0.298. The lowest BCUT2D eigenvalue weighted by atomic mass is 9.87. The second kappa shape index (κ2) is 6.89. The maximum atomic E-state index is 6.52. The molecule has 0 radical (unpaired) electrons. The van der Waals surface area contributed by atoms with Gasteiger partial charge in [-0.25, -0.2) is 0 Å². The number of hydrogen-bond acceptors (Lipinski definition) is 3. The fourth-order valence-electron chi connectivity index (χ4n) is 3.61. The quantitative estimate of drug-likeness (QED) is 0.842. The molecule has 1 aliphatic carbocycles. The molecule has 3 nitrogen and oxygen atoms in total. The molecule has 1 saturated carbocycles. The van der Waals surface area contributed by atoms with Crippen LogP contribution in [0, 0.1) is 5.92 Å². The van der Waals surface area contributed by atoms with Gasteiger partial charge in [-0.15, -0.1) is 0 Å². The number of nitrogens with one attached hydrogen (secondary N) is 1. The first-order valence-electron chi connectivity index (χ1n) is 8.06. The van der Waals surface area contributed by atoms with E-state index in [1.807, 2.05) is 13.1 Å².